The van der Waals surface area contributed by atoms with Crippen LogP contribution in [0.3, 0.4) is 0 Å². The van der Waals surface area contributed by atoms with E-state index in [0.717, 1.165) is 12.4 Å². The monoisotopic (exact) mass is 186 g/mol. The summed E-state index contributed by atoms with van der Waals surface area (Å²) >= 11 is 0. The molecule has 2 nitrogen and oxygen atoms in total. The van der Waals surface area contributed by atoms with Crippen LogP contribution >= 0.6 is 0 Å². The number of hydrogen-bond donors (Lipinski definition) is 0. The topological polar surface area (TPSA) is 24.7 Å². The van der Waals surface area contributed by atoms with Crippen LogP contribution in [-0.2, 0) is 0 Å². The second kappa shape index (κ2) is 4.64. The zero-order valence-electron chi connectivity index (χ0n) is 7.72. The molecule has 0 atom stereocenters. The highest BCUT2D eigenvalue weighted by Gasteiger charge is 2.34. The lowest BCUT2D eigenvalue weighted by atomic mass is 10.1. The Labute approximate surface area is 76.4 Å². The van der Waals surface area contributed by atoms with Gasteiger partial charge in [0.15, 0.2) is 0 Å². The molecule has 0 unspecified atom stereocenters. The van der Waals surface area contributed by atoms with Crippen LogP contribution in [0.2, 0.25) is 0 Å². The minimum absolute atomic E-state index is 0.268. The molecule has 0 aliphatic heterocycles. The fourth-order valence-electron chi connectivity index (χ4n) is 0.601. The highest BCUT2D eigenvalue weighted by atomic mass is 19.3. The molecule has 13 heavy (non-hydrogen) atoms. The highest BCUT2D eigenvalue weighted by molar-refractivity contribution is 6.05. The third kappa shape index (κ3) is 2.89. The van der Waals surface area contributed by atoms with Gasteiger partial charge in [0.2, 0.25) is 0 Å². The molecule has 0 saturated heterocycles. The molecule has 0 rings (SSSR count). The van der Waals surface area contributed by atoms with Crippen molar-refractivity contribution in [3.8, 4) is 0 Å². The third-order valence-electron chi connectivity index (χ3n) is 1.36. The molecular formula is C9H12F2N2. The van der Waals surface area contributed by atoms with Crippen molar-refractivity contribution in [2.75, 3.05) is 7.05 Å². The van der Waals surface area contributed by atoms with E-state index in [1.54, 1.807) is 0 Å². The van der Waals surface area contributed by atoms with Crippen LogP contribution in [0.15, 0.2) is 34.8 Å². The van der Waals surface area contributed by atoms with E-state index in [-0.39, 0.29) is 5.57 Å². The second-order valence-corrected chi connectivity index (χ2v) is 2.45. The summed E-state index contributed by atoms with van der Waals surface area (Å²) in [5, 5.41) is 0. The average molecular weight is 186 g/mol. The molecule has 0 aromatic rings. The molecule has 0 aromatic carbocycles. The van der Waals surface area contributed by atoms with Crippen LogP contribution in [0, 0.1) is 0 Å². The van der Waals surface area contributed by atoms with Crippen molar-refractivity contribution >= 4 is 12.1 Å². The van der Waals surface area contributed by atoms with Gasteiger partial charge in [0.1, 0.15) is 12.1 Å². The maximum atomic E-state index is 13.2. The minimum atomic E-state index is -3.14. The zero-order chi connectivity index (χ0) is 10.5. The van der Waals surface area contributed by atoms with Gasteiger partial charge in [0.25, 0.3) is 0 Å². The summed E-state index contributed by atoms with van der Waals surface area (Å²) in [6.07, 6.45) is 2.05. The van der Waals surface area contributed by atoms with Crippen LogP contribution in [-0.4, -0.2) is 25.0 Å². The molecule has 0 amide bonds. The predicted molar refractivity (Wildman–Crippen MR) is 51.8 cm³/mol. The molecular weight excluding hydrogens is 174 g/mol. The van der Waals surface area contributed by atoms with Crippen molar-refractivity contribution in [2.24, 2.45) is 9.98 Å². The number of rotatable bonds is 4. The summed E-state index contributed by atoms with van der Waals surface area (Å²) in [6.45, 7) is 7.67. The van der Waals surface area contributed by atoms with Crippen LogP contribution in [0.5, 0.6) is 0 Å². The number of allylic oxidation sites excluding steroid dienone is 2. The minimum Gasteiger partial charge on any atom is -0.277 e. The van der Waals surface area contributed by atoms with Gasteiger partial charge in [-0.15, -0.1) is 0 Å². The average Bonchev–Trinajstić information content (AvgIpc) is 2.05. The molecule has 0 aliphatic rings. The second-order valence-electron chi connectivity index (χ2n) is 2.45. The van der Waals surface area contributed by atoms with Crippen molar-refractivity contribution in [1.82, 2.24) is 0 Å². The van der Waals surface area contributed by atoms with Crippen molar-refractivity contribution in [2.45, 2.75) is 12.8 Å². The number of aliphatic imine (C=N–C) groups is 2. The van der Waals surface area contributed by atoms with Gasteiger partial charge in [-0.3, -0.25) is 4.99 Å². The van der Waals surface area contributed by atoms with E-state index in [2.05, 4.69) is 23.1 Å². The Hall–Kier alpha value is -1.32. The van der Waals surface area contributed by atoms with Gasteiger partial charge in [0.05, 0.1) is 0 Å². The summed E-state index contributed by atoms with van der Waals surface area (Å²) in [7, 11) is 1.45. The van der Waals surface area contributed by atoms with Crippen LogP contribution in [0.25, 0.3) is 0 Å². The lowest BCUT2D eigenvalue weighted by Gasteiger charge is -2.15. The van der Waals surface area contributed by atoms with Crippen molar-refractivity contribution in [1.29, 1.82) is 0 Å². The first-order valence-electron chi connectivity index (χ1n) is 3.62. The first kappa shape index (κ1) is 11.7. The Morgan fingerprint density at radius 2 is 2.00 bits per heavy atom. The molecule has 0 N–H and O–H groups in total. The largest absolute Gasteiger partial charge is 0.310 e. The molecule has 72 valence electrons. The van der Waals surface area contributed by atoms with E-state index in [9.17, 15) is 8.78 Å². The lowest BCUT2D eigenvalue weighted by molar-refractivity contribution is 0.122. The van der Waals surface area contributed by atoms with Gasteiger partial charge in [-0.25, -0.2) is 4.99 Å². The van der Waals surface area contributed by atoms with Gasteiger partial charge in [-0.2, -0.15) is 8.78 Å². The van der Waals surface area contributed by atoms with Crippen LogP contribution < -0.4 is 0 Å². The lowest BCUT2D eigenvalue weighted by Crippen LogP contribution is -2.28. The number of halogens is 2. The Morgan fingerprint density at radius 1 is 1.46 bits per heavy atom. The summed E-state index contributed by atoms with van der Waals surface area (Å²) in [6, 6.07) is 0. The molecule has 0 radical (unpaired) electrons. The molecule has 0 aliphatic carbocycles. The molecule has 0 fully saturated rings. The maximum Gasteiger partial charge on any atom is 0.310 e. The summed E-state index contributed by atoms with van der Waals surface area (Å²) < 4.78 is 26.3. The Balaban J connectivity index is 4.97. The third-order valence-corrected chi connectivity index (χ3v) is 1.36. The number of hydrogen-bond acceptors (Lipinski definition) is 1. The number of alkyl halides is 2. The summed E-state index contributed by atoms with van der Waals surface area (Å²) in [5.41, 5.74) is -0.707. The smallest absolute Gasteiger partial charge is 0.277 e. The normalized spacial score (nSPS) is 13.4. The van der Waals surface area contributed by atoms with E-state index in [4.69, 9.17) is 0 Å². The summed E-state index contributed by atoms with van der Waals surface area (Å²) in [5.74, 6) is -3.14. The standard InChI is InChI=1S/C9H12F2N2/c1-5-8(13-6-12-4)9(10,11)7(2)3/h5-6H,1-2H2,3-4H3. The van der Waals surface area contributed by atoms with Gasteiger partial charge < -0.3 is 0 Å². The molecule has 0 spiro atoms. The Kier molecular flexibility index (Phi) is 4.17. The van der Waals surface area contributed by atoms with Gasteiger partial charge in [-0.1, -0.05) is 13.2 Å². The van der Waals surface area contributed by atoms with E-state index < -0.39 is 11.6 Å². The summed E-state index contributed by atoms with van der Waals surface area (Å²) in [4.78, 5) is 6.92. The first-order chi connectivity index (χ1) is 5.96. The fourth-order valence-corrected chi connectivity index (χ4v) is 0.601. The predicted octanol–water partition coefficient (Wildman–Crippen LogP) is 2.48. The SMILES string of the molecule is C=CC(=NC=NC)C(F)(F)C(=C)C. The van der Waals surface area contributed by atoms with Gasteiger partial charge >= 0.3 is 5.92 Å². The van der Waals surface area contributed by atoms with Gasteiger partial charge in [-0.05, 0) is 18.6 Å². The quantitative estimate of drug-likeness (QED) is 0.366. The van der Waals surface area contributed by atoms with Crippen LogP contribution in [0.4, 0.5) is 8.78 Å². The van der Waals surface area contributed by atoms with Gasteiger partial charge in [0, 0.05) is 7.05 Å². The first-order valence-corrected chi connectivity index (χ1v) is 3.62. The maximum absolute atomic E-state index is 13.2. The van der Waals surface area contributed by atoms with Crippen molar-refractivity contribution < 1.29 is 8.78 Å². The van der Waals surface area contributed by atoms with Crippen molar-refractivity contribution in [3.63, 3.8) is 0 Å². The highest BCUT2D eigenvalue weighted by Crippen LogP contribution is 2.24. The van der Waals surface area contributed by atoms with E-state index in [1.165, 1.54) is 14.0 Å². The molecule has 0 bridgehead atoms. The zero-order valence-corrected chi connectivity index (χ0v) is 7.72. The Bertz CT molecular complexity index is 265. The van der Waals surface area contributed by atoms with E-state index in [0.29, 0.717) is 0 Å². The Morgan fingerprint density at radius 3 is 2.31 bits per heavy atom. The molecule has 0 saturated carbocycles. The molecule has 0 heterocycles. The number of nitrogens with zero attached hydrogens (tertiary/aromatic N) is 2. The van der Waals surface area contributed by atoms with E-state index >= 15 is 0 Å². The van der Waals surface area contributed by atoms with Crippen LogP contribution in [0.1, 0.15) is 6.92 Å². The molecule has 0 aromatic heterocycles. The molecule has 4 heteroatoms. The van der Waals surface area contributed by atoms with Crippen molar-refractivity contribution in [3.05, 3.63) is 24.8 Å². The fraction of sp³-hybridized carbons (Fsp3) is 0.333. The van der Waals surface area contributed by atoms with E-state index in [1.807, 2.05) is 0 Å².